The van der Waals surface area contributed by atoms with E-state index in [1.54, 1.807) is 0 Å². The summed E-state index contributed by atoms with van der Waals surface area (Å²) in [5.41, 5.74) is 11.3. The molecule has 0 fully saturated rings. The molecule has 2 nitrogen and oxygen atoms in total. The van der Waals surface area contributed by atoms with Crippen LogP contribution in [0.1, 0.15) is 17.5 Å². The molecule has 1 aromatic heterocycles. The summed E-state index contributed by atoms with van der Waals surface area (Å²) in [6, 6.07) is 33.0. The molecule has 1 aliphatic rings. The van der Waals surface area contributed by atoms with Gasteiger partial charge in [0, 0.05) is 27.4 Å². The van der Waals surface area contributed by atoms with Gasteiger partial charge in [-0.05, 0) is 85.3 Å². The molecule has 0 bridgehead atoms. The van der Waals surface area contributed by atoms with E-state index in [0.717, 1.165) is 18.5 Å². The maximum absolute atomic E-state index is 3.81. The lowest BCUT2D eigenvalue weighted by Gasteiger charge is -2.16. The molecule has 0 saturated heterocycles. The Morgan fingerprint density at radius 1 is 0.686 bits per heavy atom. The zero-order valence-electron chi connectivity index (χ0n) is 19.3. The molecule has 0 aliphatic heterocycles. The Morgan fingerprint density at radius 2 is 1.43 bits per heavy atom. The molecule has 6 aromatic rings. The summed E-state index contributed by atoms with van der Waals surface area (Å²) in [7, 11) is 2.57. The van der Waals surface area contributed by atoms with Gasteiger partial charge in [0.25, 0.3) is 0 Å². The highest BCUT2D eigenvalue weighted by Crippen LogP contribution is 2.41. The smallest absolute Gasteiger partial charge is 0.0547 e. The van der Waals surface area contributed by atoms with Crippen molar-refractivity contribution in [3.8, 4) is 22.3 Å². The number of allylic oxidation sites excluding steroid dienone is 1. The first kappa shape index (κ1) is 20.5. The SMILES string of the molecule is PNc1cccc(-c2cccc(-c3ccc4c(c3)[nH]c3c5ccccc5c5c(c43)CCC=C5)c2)c1. The van der Waals surface area contributed by atoms with Crippen molar-refractivity contribution in [1.29, 1.82) is 0 Å². The Hall–Kier alpha value is -3.87. The monoisotopic (exact) mass is 468 g/mol. The second-order valence-corrected chi connectivity index (χ2v) is 9.61. The number of fused-ring (bicyclic) bond motifs is 8. The van der Waals surface area contributed by atoms with Crippen molar-refractivity contribution in [3.05, 3.63) is 108 Å². The first-order chi connectivity index (χ1) is 17.3. The van der Waals surface area contributed by atoms with Crippen LogP contribution in [0, 0.1) is 0 Å². The summed E-state index contributed by atoms with van der Waals surface area (Å²) >= 11 is 0. The van der Waals surface area contributed by atoms with Crippen LogP contribution in [0.25, 0.3) is 60.9 Å². The minimum absolute atomic E-state index is 1.09. The van der Waals surface area contributed by atoms with E-state index in [0.29, 0.717) is 0 Å². The van der Waals surface area contributed by atoms with Crippen LogP contribution in [-0.4, -0.2) is 4.98 Å². The first-order valence-corrected chi connectivity index (χ1v) is 12.7. The molecule has 35 heavy (non-hydrogen) atoms. The van der Waals surface area contributed by atoms with Crippen molar-refractivity contribution in [2.24, 2.45) is 0 Å². The summed E-state index contributed by atoms with van der Waals surface area (Å²) in [4.78, 5) is 3.81. The summed E-state index contributed by atoms with van der Waals surface area (Å²) in [5, 5.41) is 8.51. The van der Waals surface area contributed by atoms with Gasteiger partial charge < -0.3 is 10.1 Å². The minimum atomic E-state index is 1.09. The van der Waals surface area contributed by atoms with Gasteiger partial charge in [0.15, 0.2) is 0 Å². The number of hydrogen-bond acceptors (Lipinski definition) is 1. The number of nitrogens with one attached hydrogen (secondary N) is 2. The van der Waals surface area contributed by atoms with Crippen LogP contribution in [0.2, 0.25) is 0 Å². The van der Waals surface area contributed by atoms with E-state index in [1.807, 2.05) is 0 Å². The van der Waals surface area contributed by atoms with Gasteiger partial charge in [-0.3, -0.25) is 0 Å². The molecule has 3 heteroatoms. The van der Waals surface area contributed by atoms with Gasteiger partial charge in [-0.2, -0.15) is 0 Å². The maximum Gasteiger partial charge on any atom is 0.0547 e. The van der Waals surface area contributed by atoms with Crippen molar-refractivity contribution in [1.82, 2.24) is 4.98 Å². The topological polar surface area (TPSA) is 27.8 Å². The van der Waals surface area contributed by atoms with E-state index >= 15 is 0 Å². The molecular formula is C32H25N2P. The second kappa shape index (κ2) is 8.12. The van der Waals surface area contributed by atoms with Crippen LogP contribution in [0.4, 0.5) is 5.69 Å². The third-order valence-corrected chi connectivity index (χ3v) is 7.65. The van der Waals surface area contributed by atoms with Crippen molar-refractivity contribution in [2.45, 2.75) is 12.8 Å². The van der Waals surface area contributed by atoms with Crippen molar-refractivity contribution in [2.75, 3.05) is 5.09 Å². The van der Waals surface area contributed by atoms with E-state index in [-0.39, 0.29) is 0 Å². The van der Waals surface area contributed by atoms with Crippen molar-refractivity contribution in [3.63, 3.8) is 0 Å². The summed E-state index contributed by atoms with van der Waals surface area (Å²) in [5.74, 6) is 0. The van der Waals surface area contributed by atoms with Crippen LogP contribution in [0.5, 0.6) is 0 Å². The fourth-order valence-corrected chi connectivity index (χ4v) is 5.85. The van der Waals surface area contributed by atoms with Gasteiger partial charge in [0.05, 0.1) is 5.52 Å². The van der Waals surface area contributed by atoms with E-state index in [9.17, 15) is 0 Å². The third kappa shape index (κ3) is 3.29. The number of H-pyrrole nitrogens is 1. The number of benzene rings is 5. The zero-order chi connectivity index (χ0) is 23.4. The fourth-order valence-electron chi connectivity index (χ4n) is 5.67. The Bertz CT molecular complexity index is 1790. The molecule has 2 N–H and O–H groups in total. The third-order valence-electron chi connectivity index (χ3n) is 7.32. The average molecular weight is 469 g/mol. The molecule has 1 atom stereocenters. The summed E-state index contributed by atoms with van der Waals surface area (Å²) < 4.78 is 0. The zero-order valence-corrected chi connectivity index (χ0v) is 20.5. The Kier molecular flexibility index (Phi) is 4.75. The number of aromatic nitrogens is 1. The van der Waals surface area contributed by atoms with Crippen LogP contribution < -0.4 is 5.09 Å². The van der Waals surface area contributed by atoms with Gasteiger partial charge in [0.2, 0.25) is 0 Å². The molecule has 7 rings (SSSR count). The second-order valence-electron chi connectivity index (χ2n) is 9.32. The van der Waals surface area contributed by atoms with Crippen LogP contribution in [-0.2, 0) is 6.42 Å². The average Bonchev–Trinajstić information content (AvgIpc) is 3.33. The normalized spacial score (nSPS) is 12.9. The highest BCUT2D eigenvalue weighted by Gasteiger charge is 2.18. The highest BCUT2D eigenvalue weighted by atomic mass is 31.0. The number of hydrogen-bond donors (Lipinski definition) is 2. The molecule has 0 spiro atoms. The van der Waals surface area contributed by atoms with E-state index in [2.05, 4.69) is 123 Å². The number of rotatable bonds is 3. The Balaban J connectivity index is 1.42. The Labute approximate surface area is 207 Å². The quantitative estimate of drug-likeness (QED) is 0.249. The Morgan fingerprint density at radius 3 is 2.26 bits per heavy atom. The van der Waals surface area contributed by atoms with Gasteiger partial charge >= 0.3 is 0 Å². The molecule has 0 radical (unpaired) electrons. The molecule has 1 heterocycles. The fraction of sp³-hybridized carbons (Fsp3) is 0.0625. The van der Waals surface area contributed by atoms with Gasteiger partial charge in [-0.1, -0.05) is 78.9 Å². The predicted octanol–water partition coefficient (Wildman–Crippen LogP) is 8.97. The maximum atomic E-state index is 3.81. The van der Waals surface area contributed by atoms with E-state index in [4.69, 9.17) is 0 Å². The minimum Gasteiger partial charge on any atom is -0.369 e. The first-order valence-electron chi connectivity index (χ1n) is 12.1. The summed E-state index contributed by atoms with van der Waals surface area (Å²) in [6.07, 6.45) is 6.83. The lowest BCUT2D eigenvalue weighted by Crippen LogP contribution is -1.96. The number of aryl methyl sites for hydroxylation is 1. The van der Waals surface area contributed by atoms with Crippen LogP contribution in [0.3, 0.4) is 0 Å². The molecule has 0 amide bonds. The van der Waals surface area contributed by atoms with Crippen LogP contribution >= 0.6 is 9.39 Å². The molecule has 168 valence electrons. The predicted molar refractivity (Wildman–Crippen MR) is 155 cm³/mol. The molecular weight excluding hydrogens is 443 g/mol. The van der Waals surface area contributed by atoms with Gasteiger partial charge in [0.1, 0.15) is 0 Å². The lowest BCUT2D eigenvalue weighted by atomic mass is 9.88. The number of aromatic amines is 1. The van der Waals surface area contributed by atoms with Crippen LogP contribution in [0.15, 0.2) is 97.1 Å². The van der Waals surface area contributed by atoms with E-state index in [1.165, 1.54) is 66.0 Å². The van der Waals surface area contributed by atoms with E-state index < -0.39 is 0 Å². The molecule has 1 aliphatic carbocycles. The lowest BCUT2D eigenvalue weighted by molar-refractivity contribution is 1.00. The molecule has 1 unspecified atom stereocenters. The number of anilines is 1. The largest absolute Gasteiger partial charge is 0.369 e. The van der Waals surface area contributed by atoms with Gasteiger partial charge in [-0.25, -0.2) is 0 Å². The highest BCUT2D eigenvalue weighted by molar-refractivity contribution is 7.18. The standard InChI is InChI=1S/C32H25N2P/c35-34-24-10-6-9-22(18-24)20-7-5-8-21(17-20)23-15-16-29-30(19-23)33-32-28-14-4-2-12-26(28)25-11-1-3-13-27(25)31(29)32/h1-2,4-12,14-19,33-34H,3,13,35H2. The van der Waals surface area contributed by atoms with Crippen molar-refractivity contribution >= 4 is 53.7 Å². The van der Waals surface area contributed by atoms with Gasteiger partial charge in [-0.15, -0.1) is 0 Å². The molecule has 0 saturated carbocycles. The van der Waals surface area contributed by atoms with Crippen molar-refractivity contribution < 1.29 is 0 Å². The summed E-state index contributed by atoms with van der Waals surface area (Å²) in [6.45, 7) is 0. The molecule has 5 aromatic carbocycles.